The number of hydrogen-bond acceptors (Lipinski definition) is 4. The van der Waals surface area contributed by atoms with E-state index in [1.165, 1.54) is 30.9 Å². The van der Waals surface area contributed by atoms with Gasteiger partial charge in [-0.1, -0.05) is 0 Å². The van der Waals surface area contributed by atoms with Crippen molar-refractivity contribution in [3.63, 3.8) is 0 Å². The summed E-state index contributed by atoms with van der Waals surface area (Å²) in [5, 5.41) is 22.5. The lowest BCUT2D eigenvalue weighted by Crippen LogP contribution is -2.44. The zero-order chi connectivity index (χ0) is 9.97. The lowest BCUT2D eigenvalue weighted by molar-refractivity contribution is -0.725. The normalized spacial score (nSPS) is 10.0. The number of hydrogen-bond donors (Lipinski definition) is 0. The molecule has 0 aliphatic heterocycles. The summed E-state index contributed by atoms with van der Waals surface area (Å²) in [5.41, 5.74) is 0. The van der Waals surface area contributed by atoms with Crippen molar-refractivity contribution in [2.75, 3.05) is 0 Å². The van der Waals surface area contributed by atoms with Crippen molar-refractivity contribution in [2.24, 2.45) is 0 Å². The zero-order valence-corrected chi connectivity index (χ0v) is 7.07. The van der Waals surface area contributed by atoms with E-state index in [0.29, 0.717) is 9.46 Å². The molecule has 6 nitrogen and oxygen atoms in total. The molecule has 0 saturated heterocycles. The van der Waals surface area contributed by atoms with Gasteiger partial charge in [-0.15, -0.1) is 9.46 Å². The van der Waals surface area contributed by atoms with E-state index < -0.39 is 0 Å². The summed E-state index contributed by atoms with van der Waals surface area (Å²) in [6, 6.07) is 2.96. The lowest BCUT2D eigenvalue weighted by Gasteiger charge is -2.01. The van der Waals surface area contributed by atoms with Crippen LogP contribution in [0.4, 0.5) is 0 Å². The van der Waals surface area contributed by atoms with Gasteiger partial charge >= 0.3 is 11.6 Å². The molecule has 0 bridgehead atoms. The SMILES string of the molecule is [O-][n+]1ccc[n+]([O-])c1-c1ncccn1. The van der Waals surface area contributed by atoms with Crippen molar-refractivity contribution < 1.29 is 9.46 Å². The number of nitrogens with zero attached hydrogens (tertiary/aromatic N) is 4. The highest BCUT2D eigenvalue weighted by Gasteiger charge is 2.22. The van der Waals surface area contributed by atoms with E-state index in [2.05, 4.69) is 9.97 Å². The van der Waals surface area contributed by atoms with Crippen molar-refractivity contribution in [2.45, 2.75) is 0 Å². The minimum absolute atomic E-state index is 0.109. The first-order chi connectivity index (χ1) is 6.79. The summed E-state index contributed by atoms with van der Waals surface area (Å²) < 4.78 is 0.866. The van der Waals surface area contributed by atoms with Gasteiger partial charge in [-0.2, -0.15) is 0 Å². The molecule has 2 aromatic heterocycles. The van der Waals surface area contributed by atoms with Crippen LogP contribution in [0.3, 0.4) is 0 Å². The molecule has 14 heavy (non-hydrogen) atoms. The molecule has 0 amide bonds. The summed E-state index contributed by atoms with van der Waals surface area (Å²) in [7, 11) is 0. The maximum absolute atomic E-state index is 11.3. The van der Waals surface area contributed by atoms with Crippen LogP contribution in [0.1, 0.15) is 0 Å². The minimum Gasteiger partial charge on any atom is -0.614 e. The Balaban J connectivity index is 2.63. The molecule has 0 atom stereocenters. The van der Waals surface area contributed by atoms with Crippen LogP contribution < -0.4 is 9.46 Å². The first kappa shape index (κ1) is 8.36. The standard InChI is InChI=1S/C8H6N4O2/c13-11-5-2-6-12(14)8(11)7-9-3-1-4-10-7/h1-6H. The van der Waals surface area contributed by atoms with Crippen molar-refractivity contribution in [3.8, 4) is 11.6 Å². The van der Waals surface area contributed by atoms with E-state index in [9.17, 15) is 10.4 Å². The fourth-order valence-corrected chi connectivity index (χ4v) is 1.04. The van der Waals surface area contributed by atoms with E-state index in [1.54, 1.807) is 6.07 Å². The predicted octanol–water partition coefficient (Wildman–Crippen LogP) is -0.590. The average molecular weight is 190 g/mol. The molecule has 2 rings (SSSR count). The summed E-state index contributed by atoms with van der Waals surface area (Å²) >= 11 is 0. The first-order valence-corrected chi connectivity index (χ1v) is 3.88. The first-order valence-electron chi connectivity index (χ1n) is 3.88. The van der Waals surface area contributed by atoms with Gasteiger partial charge in [-0.05, 0) is 6.07 Å². The highest BCUT2D eigenvalue weighted by molar-refractivity contribution is 5.32. The highest BCUT2D eigenvalue weighted by atomic mass is 16.5. The second kappa shape index (κ2) is 3.25. The average Bonchev–Trinajstić information content (AvgIpc) is 2.19. The molecule has 2 heterocycles. The number of aromatic nitrogens is 4. The van der Waals surface area contributed by atoms with Crippen LogP contribution in [0.25, 0.3) is 11.6 Å². The topological polar surface area (TPSA) is 79.7 Å². The Morgan fingerprint density at radius 1 is 0.929 bits per heavy atom. The molecule has 0 aromatic carbocycles. The second-order valence-corrected chi connectivity index (χ2v) is 2.54. The molecule has 0 fully saturated rings. The Kier molecular flexibility index (Phi) is 1.94. The van der Waals surface area contributed by atoms with Crippen molar-refractivity contribution in [1.29, 1.82) is 0 Å². The van der Waals surface area contributed by atoms with Crippen LogP contribution in [0.15, 0.2) is 36.9 Å². The quantitative estimate of drug-likeness (QED) is 0.444. The molecule has 0 spiro atoms. The Bertz CT molecular complexity index is 426. The van der Waals surface area contributed by atoms with Crippen LogP contribution in [0.5, 0.6) is 0 Å². The largest absolute Gasteiger partial charge is 0.614 e. The maximum Gasteiger partial charge on any atom is 0.512 e. The third-order valence-electron chi connectivity index (χ3n) is 1.63. The van der Waals surface area contributed by atoms with Crippen molar-refractivity contribution in [3.05, 3.63) is 47.3 Å². The summed E-state index contributed by atoms with van der Waals surface area (Å²) in [4.78, 5) is 7.64. The Morgan fingerprint density at radius 2 is 1.50 bits per heavy atom. The summed E-state index contributed by atoms with van der Waals surface area (Å²) in [6.45, 7) is 0. The van der Waals surface area contributed by atoms with Gasteiger partial charge in [0.1, 0.15) is 0 Å². The molecular formula is C8H6N4O2. The zero-order valence-electron chi connectivity index (χ0n) is 7.07. The van der Waals surface area contributed by atoms with E-state index in [4.69, 9.17) is 0 Å². The van der Waals surface area contributed by atoms with Gasteiger partial charge in [0.05, 0.1) is 6.07 Å². The molecule has 0 aliphatic carbocycles. The van der Waals surface area contributed by atoms with Crippen molar-refractivity contribution >= 4 is 0 Å². The van der Waals surface area contributed by atoms with Crippen LogP contribution in [-0.4, -0.2) is 9.97 Å². The van der Waals surface area contributed by atoms with Gasteiger partial charge in [0.25, 0.3) is 0 Å². The minimum atomic E-state index is -0.131. The highest BCUT2D eigenvalue weighted by Crippen LogP contribution is 2.00. The second-order valence-electron chi connectivity index (χ2n) is 2.54. The van der Waals surface area contributed by atoms with Crippen molar-refractivity contribution in [1.82, 2.24) is 9.97 Å². The summed E-state index contributed by atoms with van der Waals surface area (Å²) in [6.07, 6.45) is 5.38. The lowest BCUT2D eigenvalue weighted by atomic mass is 10.5. The van der Waals surface area contributed by atoms with Gasteiger partial charge in [-0.25, -0.2) is 9.97 Å². The van der Waals surface area contributed by atoms with Crippen LogP contribution in [-0.2, 0) is 0 Å². The Hall–Kier alpha value is -2.24. The molecule has 2 aromatic rings. The fourth-order valence-electron chi connectivity index (χ4n) is 1.04. The van der Waals surface area contributed by atoms with E-state index in [0.717, 1.165) is 0 Å². The monoisotopic (exact) mass is 190 g/mol. The molecule has 0 radical (unpaired) electrons. The van der Waals surface area contributed by atoms with Crippen LogP contribution in [0.2, 0.25) is 0 Å². The fraction of sp³-hybridized carbons (Fsp3) is 0. The molecule has 70 valence electrons. The van der Waals surface area contributed by atoms with E-state index in [1.807, 2.05) is 0 Å². The Morgan fingerprint density at radius 3 is 2.07 bits per heavy atom. The molecule has 0 N–H and O–H groups in total. The third kappa shape index (κ3) is 1.33. The maximum atomic E-state index is 11.3. The molecular weight excluding hydrogens is 184 g/mol. The van der Waals surface area contributed by atoms with Gasteiger partial charge in [0.15, 0.2) is 12.4 Å². The van der Waals surface area contributed by atoms with Gasteiger partial charge in [0.2, 0.25) is 0 Å². The van der Waals surface area contributed by atoms with E-state index in [-0.39, 0.29) is 11.6 Å². The third-order valence-corrected chi connectivity index (χ3v) is 1.63. The van der Waals surface area contributed by atoms with Gasteiger partial charge in [-0.3, -0.25) is 0 Å². The van der Waals surface area contributed by atoms with Gasteiger partial charge in [0, 0.05) is 12.4 Å². The molecule has 0 saturated carbocycles. The number of rotatable bonds is 1. The predicted molar refractivity (Wildman–Crippen MR) is 45.4 cm³/mol. The summed E-state index contributed by atoms with van der Waals surface area (Å²) in [5.74, 6) is -0.0220. The Labute approximate surface area is 79.3 Å². The smallest absolute Gasteiger partial charge is 0.512 e. The molecule has 0 aliphatic rings. The molecule has 6 heteroatoms. The van der Waals surface area contributed by atoms with Crippen LogP contribution >= 0.6 is 0 Å². The van der Waals surface area contributed by atoms with Crippen LogP contribution in [0, 0.1) is 10.4 Å². The molecule has 0 unspecified atom stereocenters. The van der Waals surface area contributed by atoms with Gasteiger partial charge < -0.3 is 10.4 Å². The van der Waals surface area contributed by atoms with E-state index >= 15 is 0 Å².